The van der Waals surface area contributed by atoms with E-state index in [1.165, 1.54) is 0 Å². The molecule has 84 valence electrons. The van der Waals surface area contributed by atoms with Crippen LogP contribution in [0, 0.1) is 0 Å². The minimum Gasteiger partial charge on any atom is -0.366 e. The molecule has 0 saturated carbocycles. The van der Waals surface area contributed by atoms with Gasteiger partial charge in [-0.05, 0) is 20.8 Å². The zero-order valence-corrected chi connectivity index (χ0v) is 9.74. The van der Waals surface area contributed by atoms with Crippen molar-refractivity contribution in [3.8, 4) is 0 Å². The lowest BCUT2D eigenvalue weighted by Gasteiger charge is -2.27. The maximum atomic E-state index is 11.5. The number of nitrogens with one attached hydrogen (secondary N) is 2. The molecule has 0 aromatic rings. The molecule has 1 heterocycles. The van der Waals surface area contributed by atoms with Crippen LogP contribution in [0.2, 0.25) is 0 Å². The largest absolute Gasteiger partial charge is 0.366 e. The Kier molecular flexibility index (Phi) is 5.41. The summed E-state index contributed by atoms with van der Waals surface area (Å²) in [6.07, 6.45) is -0.326. The molecule has 0 spiro atoms. The zero-order valence-electron chi connectivity index (χ0n) is 8.92. The number of halogens is 1. The lowest BCUT2D eigenvalue weighted by atomic mass is 10.1. The summed E-state index contributed by atoms with van der Waals surface area (Å²) in [5.41, 5.74) is -0.183. The van der Waals surface area contributed by atoms with Crippen LogP contribution in [0.4, 0.5) is 0 Å². The van der Waals surface area contributed by atoms with Gasteiger partial charge in [-0.2, -0.15) is 0 Å². The van der Waals surface area contributed by atoms with Gasteiger partial charge in [0.15, 0.2) is 0 Å². The first-order valence-corrected chi connectivity index (χ1v) is 4.63. The molecule has 0 aromatic carbocycles. The highest BCUT2D eigenvalue weighted by Gasteiger charge is 2.24. The fourth-order valence-electron chi connectivity index (χ4n) is 1.18. The molecule has 1 saturated heterocycles. The molecule has 0 unspecified atom stereocenters. The van der Waals surface area contributed by atoms with Gasteiger partial charge >= 0.3 is 0 Å². The van der Waals surface area contributed by atoms with E-state index in [1.807, 2.05) is 20.8 Å². The summed E-state index contributed by atoms with van der Waals surface area (Å²) in [4.78, 5) is 11.5. The lowest BCUT2D eigenvalue weighted by Crippen LogP contribution is -2.52. The smallest absolute Gasteiger partial charge is 0.250 e. The number of carbonyl (C=O) groups is 1. The van der Waals surface area contributed by atoms with Crippen LogP contribution in [0.5, 0.6) is 0 Å². The van der Waals surface area contributed by atoms with Crippen LogP contribution < -0.4 is 10.6 Å². The van der Waals surface area contributed by atoms with Crippen LogP contribution in [-0.2, 0) is 9.53 Å². The first-order chi connectivity index (χ1) is 5.99. The second-order valence-electron chi connectivity index (χ2n) is 4.30. The van der Waals surface area contributed by atoms with Crippen molar-refractivity contribution in [3.05, 3.63) is 0 Å². The Balaban J connectivity index is 0.00000169. The van der Waals surface area contributed by atoms with Gasteiger partial charge in [-0.3, -0.25) is 4.79 Å². The van der Waals surface area contributed by atoms with Crippen LogP contribution in [0.25, 0.3) is 0 Å². The van der Waals surface area contributed by atoms with E-state index in [0.29, 0.717) is 13.2 Å². The molecule has 1 amide bonds. The highest BCUT2D eigenvalue weighted by molar-refractivity contribution is 5.85. The summed E-state index contributed by atoms with van der Waals surface area (Å²) >= 11 is 0. The minimum absolute atomic E-state index is 0. The average Bonchev–Trinajstić information content (AvgIpc) is 2.03. The third-order valence-corrected chi connectivity index (χ3v) is 1.72. The Morgan fingerprint density at radius 2 is 2.14 bits per heavy atom. The van der Waals surface area contributed by atoms with Crippen LogP contribution >= 0.6 is 12.4 Å². The van der Waals surface area contributed by atoms with Gasteiger partial charge in [0.1, 0.15) is 6.10 Å². The monoisotopic (exact) mass is 222 g/mol. The van der Waals surface area contributed by atoms with Crippen molar-refractivity contribution >= 4 is 18.3 Å². The number of ether oxygens (including phenoxy) is 1. The van der Waals surface area contributed by atoms with Gasteiger partial charge in [0.25, 0.3) is 5.91 Å². The van der Waals surface area contributed by atoms with Crippen molar-refractivity contribution in [1.82, 2.24) is 10.6 Å². The number of hydrogen-bond donors (Lipinski definition) is 2. The first kappa shape index (κ1) is 13.7. The van der Waals surface area contributed by atoms with Crippen LogP contribution in [0.15, 0.2) is 0 Å². The van der Waals surface area contributed by atoms with Gasteiger partial charge in [0, 0.05) is 18.6 Å². The maximum Gasteiger partial charge on any atom is 0.250 e. The van der Waals surface area contributed by atoms with Crippen molar-refractivity contribution in [2.24, 2.45) is 0 Å². The van der Waals surface area contributed by atoms with Crippen LogP contribution in [-0.4, -0.2) is 37.2 Å². The third kappa shape index (κ3) is 4.79. The Morgan fingerprint density at radius 3 is 2.57 bits per heavy atom. The van der Waals surface area contributed by atoms with Crippen molar-refractivity contribution in [3.63, 3.8) is 0 Å². The second-order valence-corrected chi connectivity index (χ2v) is 4.30. The van der Waals surface area contributed by atoms with E-state index in [4.69, 9.17) is 4.74 Å². The topological polar surface area (TPSA) is 50.4 Å². The van der Waals surface area contributed by atoms with Crippen molar-refractivity contribution in [1.29, 1.82) is 0 Å². The van der Waals surface area contributed by atoms with E-state index in [-0.39, 0.29) is 30.0 Å². The van der Waals surface area contributed by atoms with Gasteiger partial charge in [0.2, 0.25) is 0 Å². The quantitative estimate of drug-likeness (QED) is 0.672. The van der Waals surface area contributed by atoms with E-state index in [9.17, 15) is 4.79 Å². The van der Waals surface area contributed by atoms with Crippen molar-refractivity contribution < 1.29 is 9.53 Å². The Morgan fingerprint density at radius 1 is 1.50 bits per heavy atom. The molecular formula is C9H19ClN2O2. The van der Waals surface area contributed by atoms with E-state index < -0.39 is 0 Å². The second kappa shape index (κ2) is 5.53. The number of morpholine rings is 1. The molecular weight excluding hydrogens is 204 g/mol. The molecule has 0 aromatic heterocycles. The molecule has 1 rings (SSSR count). The van der Waals surface area contributed by atoms with E-state index in [0.717, 1.165) is 6.54 Å². The zero-order chi connectivity index (χ0) is 9.90. The molecule has 5 heteroatoms. The lowest BCUT2D eigenvalue weighted by molar-refractivity contribution is -0.135. The van der Waals surface area contributed by atoms with Gasteiger partial charge < -0.3 is 15.4 Å². The molecule has 1 fully saturated rings. The number of hydrogen-bond acceptors (Lipinski definition) is 3. The molecule has 1 aliphatic heterocycles. The molecule has 0 aliphatic carbocycles. The Bertz CT molecular complexity index is 186. The fraction of sp³-hybridized carbons (Fsp3) is 0.889. The summed E-state index contributed by atoms with van der Waals surface area (Å²) in [5, 5.41) is 6.00. The predicted octanol–water partition coefficient (Wildman–Crippen LogP) is 0.311. The summed E-state index contributed by atoms with van der Waals surface area (Å²) < 4.78 is 5.31. The number of carbonyl (C=O) groups excluding carboxylic acids is 1. The normalized spacial score (nSPS) is 22.4. The van der Waals surface area contributed by atoms with Crippen molar-refractivity contribution in [2.45, 2.75) is 32.4 Å². The molecule has 0 bridgehead atoms. The van der Waals surface area contributed by atoms with E-state index in [2.05, 4.69) is 10.6 Å². The highest BCUT2D eigenvalue weighted by atomic mass is 35.5. The average molecular weight is 223 g/mol. The SMILES string of the molecule is CC(C)(C)NC(=O)[C@@H]1CNCCO1.Cl. The summed E-state index contributed by atoms with van der Waals surface area (Å²) in [6, 6.07) is 0. The summed E-state index contributed by atoms with van der Waals surface area (Å²) in [7, 11) is 0. The highest BCUT2D eigenvalue weighted by Crippen LogP contribution is 2.02. The van der Waals surface area contributed by atoms with Gasteiger partial charge in [0.05, 0.1) is 6.61 Å². The molecule has 1 atom stereocenters. The van der Waals surface area contributed by atoms with Gasteiger partial charge in [-0.1, -0.05) is 0 Å². The van der Waals surface area contributed by atoms with Gasteiger partial charge in [-0.25, -0.2) is 0 Å². The van der Waals surface area contributed by atoms with E-state index >= 15 is 0 Å². The summed E-state index contributed by atoms with van der Waals surface area (Å²) in [5.74, 6) is -0.0281. The molecule has 1 aliphatic rings. The molecule has 4 nitrogen and oxygen atoms in total. The minimum atomic E-state index is -0.326. The third-order valence-electron chi connectivity index (χ3n) is 1.72. The number of amides is 1. The fourth-order valence-corrected chi connectivity index (χ4v) is 1.18. The van der Waals surface area contributed by atoms with Gasteiger partial charge in [-0.15, -0.1) is 12.4 Å². The molecule has 14 heavy (non-hydrogen) atoms. The van der Waals surface area contributed by atoms with Crippen LogP contribution in [0.3, 0.4) is 0 Å². The molecule has 0 radical (unpaired) electrons. The standard InChI is InChI=1S/C9H18N2O2.ClH/c1-9(2,3)11-8(12)7-6-10-4-5-13-7;/h7,10H,4-6H2,1-3H3,(H,11,12);1H/t7-;/m0./s1. The van der Waals surface area contributed by atoms with Crippen LogP contribution in [0.1, 0.15) is 20.8 Å². The van der Waals surface area contributed by atoms with Crippen molar-refractivity contribution in [2.75, 3.05) is 19.7 Å². The van der Waals surface area contributed by atoms with E-state index in [1.54, 1.807) is 0 Å². The summed E-state index contributed by atoms with van der Waals surface area (Å²) in [6.45, 7) is 7.94. The predicted molar refractivity (Wildman–Crippen MR) is 57.8 cm³/mol. The Hall–Kier alpha value is -0.320. The Labute approximate surface area is 91.2 Å². The number of rotatable bonds is 1. The molecule has 2 N–H and O–H groups in total. The maximum absolute atomic E-state index is 11.5. The first-order valence-electron chi connectivity index (χ1n) is 4.63.